The van der Waals surface area contributed by atoms with Crippen LogP contribution in [-0.4, -0.2) is 61.4 Å². The van der Waals surface area contributed by atoms with Crippen molar-refractivity contribution >= 4 is 11.9 Å². The van der Waals surface area contributed by atoms with Crippen molar-refractivity contribution in [3.63, 3.8) is 0 Å². The van der Waals surface area contributed by atoms with Crippen molar-refractivity contribution in [2.75, 3.05) is 27.3 Å². The molecule has 1 aromatic rings. The second-order valence-electron chi connectivity index (χ2n) is 4.61. The van der Waals surface area contributed by atoms with Crippen molar-refractivity contribution in [1.82, 2.24) is 4.90 Å². The molecule has 1 heterocycles. The van der Waals surface area contributed by atoms with E-state index in [0.29, 0.717) is 13.1 Å². The molecule has 6 nitrogen and oxygen atoms in total. The van der Waals surface area contributed by atoms with Gasteiger partial charge in [-0.25, -0.2) is 4.79 Å². The number of likely N-dealkylation sites (tertiary alicyclic amines) is 1. The molecule has 1 amide bonds. The van der Waals surface area contributed by atoms with E-state index in [2.05, 4.69) is 0 Å². The Kier molecular flexibility index (Phi) is 4.36. The maximum Gasteiger partial charge on any atom is 0.336 e. The van der Waals surface area contributed by atoms with Crippen LogP contribution in [0.4, 0.5) is 0 Å². The summed E-state index contributed by atoms with van der Waals surface area (Å²) in [5, 5.41) is 9.13. The van der Waals surface area contributed by atoms with Gasteiger partial charge in [0.2, 0.25) is 0 Å². The van der Waals surface area contributed by atoms with E-state index in [-0.39, 0.29) is 29.2 Å². The minimum Gasteiger partial charge on any atom is -0.478 e. The molecular weight excluding hydrogens is 262 g/mol. The van der Waals surface area contributed by atoms with Crippen LogP contribution in [0.15, 0.2) is 24.3 Å². The van der Waals surface area contributed by atoms with Gasteiger partial charge in [-0.3, -0.25) is 4.79 Å². The third kappa shape index (κ3) is 2.66. The number of hydrogen-bond acceptors (Lipinski definition) is 4. The Hall–Kier alpha value is -1.92. The number of carbonyl (C=O) groups is 2. The van der Waals surface area contributed by atoms with E-state index >= 15 is 0 Å². The van der Waals surface area contributed by atoms with Crippen molar-refractivity contribution in [2.24, 2.45) is 0 Å². The van der Waals surface area contributed by atoms with Gasteiger partial charge in [0.1, 0.15) is 12.2 Å². The van der Waals surface area contributed by atoms with E-state index in [0.717, 1.165) is 0 Å². The fourth-order valence-corrected chi connectivity index (χ4v) is 2.39. The van der Waals surface area contributed by atoms with Crippen LogP contribution in [-0.2, 0) is 9.47 Å². The van der Waals surface area contributed by atoms with Gasteiger partial charge in [0.25, 0.3) is 5.91 Å². The molecule has 6 heteroatoms. The average molecular weight is 279 g/mol. The fraction of sp³-hybridized carbons (Fsp3) is 0.429. The van der Waals surface area contributed by atoms with Crippen LogP contribution in [0.5, 0.6) is 0 Å². The zero-order valence-electron chi connectivity index (χ0n) is 11.4. The molecule has 0 aliphatic carbocycles. The highest BCUT2D eigenvalue weighted by molar-refractivity contribution is 6.04. The van der Waals surface area contributed by atoms with E-state index in [1.54, 1.807) is 31.3 Å². The first-order valence-electron chi connectivity index (χ1n) is 6.25. The maximum atomic E-state index is 12.4. The highest BCUT2D eigenvalue weighted by Crippen LogP contribution is 2.20. The van der Waals surface area contributed by atoms with E-state index in [1.165, 1.54) is 12.1 Å². The first-order chi connectivity index (χ1) is 9.58. The molecule has 20 heavy (non-hydrogen) atoms. The van der Waals surface area contributed by atoms with Crippen molar-refractivity contribution in [1.29, 1.82) is 0 Å². The monoisotopic (exact) mass is 279 g/mol. The molecule has 0 bridgehead atoms. The van der Waals surface area contributed by atoms with Gasteiger partial charge in [0.15, 0.2) is 0 Å². The standard InChI is InChI=1S/C14H17NO5/c1-19-11-7-15(8-12(11)20-2)13(16)9-5-3-4-6-10(9)14(17)18/h3-6,11-12H,7-8H2,1-2H3,(H,17,18). The van der Waals surface area contributed by atoms with Gasteiger partial charge in [-0.1, -0.05) is 12.1 Å². The van der Waals surface area contributed by atoms with E-state index in [9.17, 15) is 9.59 Å². The summed E-state index contributed by atoms with van der Waals surface area (Å²) >= 11 is 0. The first-order valence-corrected chi connectivity index (χ1v) is 6.25. The lowest BCUT2D eigenvalue weighted by Crippen LogP contribution is -2.31. The number of ether oxygens (including phenoxy) is 2. The number of methoxy groups -OCH3 is 2. The number of carboxylic acids is 1. The Labute approximate surface area is 116 Å². The predicted octanol–water partition coefficient (Wildman–Crippen LogP) is 0.871. The fourth-order valence-electron chi connectivity index (χ4n) is 2.39. The van der Waals surface area contributed by atoms with Crippen LogP contribution >= 0.6 is 0 Å². The minimum atomic E-state index is -1.11. The van der Waals surface area contributed by atoms with Crippen LogP contribution in [0.2, 0.25) is 0 Å². The second-order valence-corrected chi connectivity index (χ2v) is 4.61. The van der Waals surface area contributed by atoms with Gasteiger partial charge >= 0.3 is 5.97 Å². The van der Waals surface area contributed by atoms with Crippen molar-refractivity contribution in [3.05, 3.63) is 35.4 Å². The Morgan fingerprint density at radius 1 is 1.10 bits per heavy atom. The second kappa shape index (κ2) is 6.02. The number of rotatable bonds is 4. The minimum absolute atomic E-state index is 0.00679. The Balaban J connectivity index is 2.23. The molecule has 0 aromatic heterocycles. The molecular formula is C14H17NO5. The lowest BCUT2D eigenvalue weighted by atomic mass is 10.1. The zero-order chi connectivity index (χ0) is 14.7. The van der Waals surface area contributed by atoms with E-state index in [1.807, 2.05) is 0 Å². The highest BCUT2D eigenvalue weighted by atomic mass is 16.5. The molecule has 1 aliphatic rings. The van der Waals surface area contributed by atoms with Crippen LogP contribution in [0.3, 0.4) is 0 Å². The molecule has 0 radical (unpaired) electrons. The lowest BCUT2D eigenvalue weighted by Gasteiger charge is -2.17. The number of benzene rings is 1. The molecule has 2 rings (SSSR count). The number of hydrogen-bond donors (Lipinski definition) is 1. The summed E-state index contributed by atoms with van der Waals surface area (Å²) < 4.78 is 10.5. The third-order valence-corrected chi connectivity index (χ3v) is 3.50. The number of aromatic carboxylic acids is 1. The van der Waals surface area contributed by atoms with Gasteiger partial charge in [-0.15, -0.1) is 0 Å². The SMILES string of the molecule is COC1CN(C(=O)c2ccccc2C(=O)O)CC1OC. The first kappa shape index (κ1) is 14.5. The summed E-state index contributed by atoms with van der Waals surface area (Å²) in [6, 6.07) is 6.19. The third-order valence-electron chi connectivity index (χ3n) is 3.50. The maximum absolute atomic E-state index is 12.4. The quantitative estimate of drug-likeness (QED) is 0.885. The van der Waals surface area contributed by atoms with Crippen LogP contribution in [0.25, 0.3) is 0 Å². The molecule has 1 saturated heterocycles. The normalized spacial score (nSPS) is 22.0. The lowest BCUT2D eigenvalue weighted by molar-refractivity contribution is -0.00461. The van der Waals surface area contributed by atoms with Gasteiger partial charge in [-0.2, -0.15) is 0 Å². The van der Waals surface area contributed by atoms with Gasteiger partial charge < -0.3 is 19.5 Å². The molecule has 1 N–H and O–H groups in total. The molecule has 0 spiro atoms. The Bertz CT molecular complexity index is 504. The molecule has 2 unspecified atom stereocenters. The van der Waals surface area contributed by atoms with Crippen LogP contribution in [0.1, 0.15) is 20.7 Å². The van der Waals surface area contributed by atoms with Gasteiger partial charge in [0.05, 0.1) is 11.1 Å². The number of carboxylic acid groups (broad SMARTS) is 1. The smallest absolute Gasteiger partial charge is 0.336 e. The summed E-state index contributed by atoms with van der Waals surface area (Å²) in [4.78, 5) is 25.2. The molecule has 1 aromatic carbocycles. The van der Waals surface area contributed by atoms with Crippen LogP contribution < -0.4 is 0 Å². The predicted molar refractivity (Wildman–Crippen MR) is 70.9 cm³/mol. The number of nitrogens with zero attached hydrogens (tertiary/aromatic N) is 1. The Morgan fingerprint density at radius 3 is 2.05 bits per heavy atom. The summed E-state index contributed by atoms with van der Waals surface area (Å²) in [6.45, 7) is 0.781. The average Bonchev–Trinajstić information content (AvgIpc) is 2.89. The van der Waals surface area contributed by atoms with Gasteiger partial charge in [0, 0.05) is 27.3 Å². The molecule has 1 fully saturated rings. The summed E-state index contributed by atoms with van der Waals surface area (Å²) in [6.07, 6.45) is -0.387. The summed E-state index contributed by atoms with van der Waals surface area (Å²) in [7, 11) is 3.13. The topological polar surface area (TPSA) is 76.1 Å². The van der Waals surface area contributed by atoms with Gasteiger partial charge in [-0.05, 0) is 12.1 Å². The molecule has 0 saturated carbocycles. The van der Waals surface area contributed by atoms with Crippen molar-refractivity contribution in [2.45, 2.75) is 12.2 Å². The summed E-state index contributed by atoms with van der Waals surface area (Å²) in [5.41, 5.74) is 0.193. The van der Waals surface area contributed by atoms with E-state index in [4.69, 9.17) is 14.6 Å². The van der Waals surface area contributed by atoms with Crippen LogP contribution in [0, 0.1) is 0 Å². The molecule has 108 valence electrons. The molecule has 2 atom stereocenters. The zero-order valence-corrected chi connectivity index (χ0v) is 11.4. The number of amides is 1. The Morgan fingerprint density at radius 2 is 1.60 bits per heavy atom. The largest absolute Gasteiger partial charge is 0.478 e. The number of carbonyl (C=O) groups excluding carboxylic acids is 1. The highest BCUT2D eigenvalue weighted by Gasteiger charge is 2.36. The summed E-state index contributed by atoms with van der Waals surface area (Å²) in [5.74, 6) is -1.43. The van der Waals surface area contributed by atoms with E-state index < -0.39 is 5.97 Å². The van der Waals surface area contributed by atoms with Crippen molar-refractivity contribution in [3.8, 4) is 0 Å². The van der Waals surface area contributed by atoms with Crippen molar-refractivity contribution < 1.29 is 24.2 Å². The molecule has 1 aliphatic heterocycles.